The predicted molar refractivity (Wildman–Crippen MR) is 133 cm³/mol. The normalized spacial score (nSPS) is 11.2. The predicted octanol–water partition coefficient (Wildman–Crippen LogP) is 8.24. The van der Waals surface area contributed by atoms with E-state index in [-0.39, 0.29) is 0 Å². The fraction of sp³-hybridized carbons (Fsp3) is 0.0741. The van der Waals surface area contributed by atoms with Crippen molar-refractivity contribution in [2.75, 3.05) is 0 Å². The maximum Gasteiger partial charge on any atom is 0.338 e. The third kappa shape index (κ3) is 3.48. The first-order chi connectivity index (χ1) is 15.0. The number of hydrogen-bond donors (Lipinski definition) is 0. The molecule has 2 aromatic heterocycles. The number of aryl methyl sites for hydroxylation is 1. The average Bonchev–Trinajstić information content (AvgIpc) is 3.39. The molecule has 31 heavy (non-hydrogen) atoms. The summed E-state index contributed by atoms with van der Waals surface area (Å²) in [5.74, 6) is 0.187. The van der Waals surface area contributed by atoms with Crippen LogP contribution in [0.5, 0.6) is 5.75 Å². The summed E-state index contributed by atoms with van der Waals surface area (Å²) in [4.78, 5) is 14.9. The van der Waals surface area contributed by atoms with Crippen molar-refractivity contribution in [1.82, 2.24) is 0 Å². The van der Waals surface area contributed by atoms with Crippen LogP contribution in [-0.2, 0) is 4.79 Å². The Labute approximate surface area is 189 Å². The van der Waals surface area contributed by atoms with Crippen molar-refractivity contribution in [2.45, 2.75) is 13.8 Å². The molecule has 0 amide bonds. The zero-order valence-corrected chi connectivity index (χ0v) is 18.9. The molecule has 0 fully saturated rings. The average molecular weight is 441 g/mol. The van der Waals surface area contributed by atoms with Gasteiger partial charge in [0.1, 0.15) is 5.75 Å². The SMILES string of the molecule is C=C(C)C(=O)Oc1c(-c2scc3ccccc23)cc(C)cc1-c1scc2ccccc12. The molecule has 0 aliphatic carbocycles. The van der Waals surface area contributed by atoms with Crippen molar-refractivity contribution in [3.05, 3.63) is 89.1 Å². The van der Waals surface area contributed by atoms with E-state index >= 15 is 0 Å². The minimum atomic E-state index is -0.409. The van der Waals surface area contributed by atoms with Gasteiger partial charge < -0.3 is 4.74 Å². The molecule has 0 unspecified atom stereocenters. The highest BCUT2D eigenvalue weighted by Gasteiger charge is 2.22. The summed E-state index contributed by atoms with van der Waals surface area (Å²) in [5, 5.41) is 8.99. The lowest BCUT2D eigenvalue weighted by atomic mass is 9.98. The number of thiophene rings is 2. The number of carbonyl (C=O) groups is 1. The van der Waals surface area contributed by atoms with Gasteiger partial charge >= 0.3 is 5.97 Å². The second-order valence-corrected chi connectivity index (χ2v) is 9.42. The standard InChI is InChI=1S/C27H20O2S2/c1-16(2)27(28)29-24-22(25-20-10-6-4-8-18(20)14-30-25)12-17(3)13-23(24)26-21-11-7-5-9-19(21)15-31-26/h4-15H,1H2,2-3H3. The van der Waals surface area contributed by atoms with Crippen molar-refractivity contribution >= 4 is 50.2 Å². The van der Waals surface area contributed by atoms with Gasteiger partial charge in [-0.2, -0.15) is 0 Å². The van der Waals surface area contributed by atoms with Crippen LogP contribution in [0.1, 0.15) is 12.5 Å². The monoisotopic (exact) mass is 440 g/mol. The van der Waals surface area contributed by atoms with Crippen LogP contribution in [0.4, 0.5) is 0 Å². The molecule has 0 aliphatic rings. The fourth-order valence-corrected chi connectivity index (χ4v) is 5.89. The molecule has 0 spiro atoms. The molecule has 3 aromatic carbocycles. The number of carbonyl (C=O) groups excluding carboxylic acids is 1. The van der Waals surface area contributed by atoms with Gasteiger partial charge in [0.05, 0.1) is 0 Å². The highest BCUT2D eigenvalue weighted by atomic mass is 32.1. The molecule has 0 saturated heterocycles. The number of rotatable bonds is 4. The van der Waals surface area contributed by atoms with Gasteiger partial charge in [-0.15, -0.1) is 22.7 Å². The van der Waals surface area contributed by atoms with E-state index in [1.165, 1.54) is 10.8 Å². The topological polar surface area (TPSA) is 26.3 Å². The fourth-order valence-electron chi connectivity index (χ4n) is 3.80. The maximum atomic E-state index is 12.7. The molecule has 5 aromatic rings. The first kappa shape index (κ1) is 19.7. The van der Waals surface area contributed by atoms with Crippen LogP contribution in [-0.4, -0.2) is 5.97 Å². The van der Waals surface area contributed by atoms with Gasteiger partial charge in [-0.05, 0) is 53.1 Å². The summed E-state index contributed by atoms with van der Waals surface area (Å²) < 4.78 is 6.01. The molecule has 0 N–H and O–H groups in total. The van der Waals surface area contributed by atoms with Gasteiger partial charge in [0.25, 0.3) is 0 Å². The summed E-state index contributed by atoms with van der Waals surface area (Å²) >= 11 is 3.35. The highest BCUT2D eigenvalue weighted by molar-refractivity contribution is 7.16. The van der Waals surface area contributed by atoms with E-state index in [9.17, 15) is 4.79 Å². The summed E-state index contributed by atoms with van der Waals surface area (Å²) in [6.07, 6.45) is 0. The maximum absolute atomic E-state index is 12.7. The van der Waals surface area contributed by atoms with Gasteiger partial charge in [-0.1, -0.05) is 55.1 Å². The summed E-state index contributed by atoms with van der Waals surface area (Å²) in [5.41, 5.74) is 3.38. The second-order valence-electron chi connectivity index (χ2n) is 7.66. The zero-order chi connectivity index (χ0) is 21.5. The molecule has 2 nitrogen and oxygen atoms in total. The third-order valence-corrected chi connectivity index (χ3v) is 7.38. The zero-order valence-electron chi connectivity index (χ0n) is 17.3. The largest absolute Gasteiger partial charge is 0.422 e. The second kappa shape index (κ2) is 7.80. The van der Waals surface area contributed by atoms with Crippen LogP contribution in [0, 0.1) is 6.92 Å². The number of fused-ring (bicyclic) bond motifs is 2. The van der Waals surface area contributed by atoms with Crippen molar-refractivity contribution in [1.29, 1.82) is 0 Å². The van der Waals surface area contributed by atoms with Crippen LogP contribution in [0.15, 0.2) is 83.6 Å². The summed E-state index contributed by atoms with van der Waals surface area (Å²) in [7, 11) is 0. The van der Waals surface area contributed by atoms with Gasteiger partial charge in [-0.3, -0.25) is 0 Å². The highest BCUT2D eigenvalue weighted by Crippen LogP contribution is 2.48. The third-order valence-electron chi connectivity index (χ3n) is 5.28. The van der Waals surface area contributed by atoms with Gasteiger partial charge in [-0.25, -0.2) is 4.79 Å². The molecule has 2 heterocycles. The number of benzene rings is 3. The van der Waals surface area contributed by atoms with Crippen LogP contribution in [0.2, 0.25) is 0 Å². The lowest BCUT2D eigenvalue weighted by molar-refractivity contribution is -0.130. The Balaban J connectivity index is 1.82. The number of esters is 1. The molecule has 4 heteroatoms. The first-order valence-corrected chi connectivity index (χ1v) is 11.7. The van der Waals surface area contributed by atoms with E-state index < -0.39 is 5.97 Å². The lowest BCUT2D eigenvalue weighted by Crippen LogP contribution is -2.10. The van der Waals surface area contributed by atoms with Crippen molar-refractivity contribution in [3.63, 3.8) is 0 Å². The van der Waals surface area contributed by atoms with Gasteiger partial charge in [0, 0.05) is 37.2 Å². The summed E-state index contributed by atoms with van der Waals surface area (Å²) in [6.45, 7) is 7.55. The summed E-state index contributed by atoms with van der Waals surface area (Å²) in [6, 6.07) is 20.8. The van der Waals surface area contributed by atoms with Crippen LogP contribution < -0.4 is 4.74 Å². The molecule has 0 atom stereocenters. The van der Waals surface area contributed by atoms with E-state index in [0.717, 1.165) is 37.2 Å². The lowest BCUT2D eigenvalue weighted by Gasteiger charge is -2.16. The first-order valence-electron chi connectivity index (χ1n) is 9.98. The van der Waals surface area contributed by atoms with Crippen molar-refractivity contribution < 1.29 is 9.53 Å². The molecule has 0 radical (unpaired) electrons. The molecule has 5 rings (SSSR count). The van der Waals surface area contributed by atoms with E-state index in [4.69, 9.17) is 4.74 Å². The molecular weight excluding hydrogens is 420 g/mol. The Kier molecular flexibility index (Phi) is 4.97. The minimum Gasteiger partial charge on any atom is -0.422 e. The van der Waals surface area contributed by atoms with Crippen molar-refractivity contribution in [2.24, 2.45) is 0 Å². The van der Waals surface area contributed by atoms with E-state index in [0.29, 0.717) is 11.3 Å². The van der Waals surface area contributed by atoms with Gasteiger partial charge in [0.2, 0.25) is 0 Å². The Bertz CT molecular complexity index is 1370. The quantitative estimate of drug-likeness (QED) is 0.160. The Morgan fingerprint density at radius 2 is 1.32 bits per heavy atom. The van der Waals surface area contributed by atoms with E-state index in [1.807, 2.05) is 24.3 Å². The van der Waals surface area contributed by atoms with Crippen LogP contribution >= 0.6 is 22.7 Å². The van der Waals surface area contributed by atoms with E-state index in [1.54, 1.807) is 29.6 Å². The molecule has 152 valence electrons. The minimum absolute atomic E-state index is 0.379. The van der Waals surface area contributed by atoms with Gasteiger partial charge in [0.15, 0.2) is 0 Å². The Hall–Kier alpha value is -3.21. The molecule has 0 aliphatic heterocycles. The molecular formula is C27H20O2S2. The molecule has 0 saturated carbocycles. The number of hydrogen-bond acceptors (Lipinski definition) is 4. The van der Waals surface area contributed by atoms with E-state index in [2.05, 4.69) is 60.7 Å². The number of ether oxygens (including phenoxy) is 1. The van der Waals surface area contributed by atoms with Crippen LogP contribution in [0.25, 0.3) is 42.4 Å². The smallest absolute Gasteiger partial charge is 0.338 e. The molecule has 0 bridgehead atoms. The Morgan fingerprint density at radius 3 is 1.81 bits per heavy atom. The van der Waals surface area contributed by atoms with Crippen LogP contribution in [0.3, 0.4) is 0 Å². The Morgan fingerprint density at radius 1 is 0.839 bits per heavy atom. The van der Waals surface area contributed by atoms with Crippen molar-refractivity contribution in [3.8, 4) is 26.6 Å².